The van der Waals surface area contributed by atoms with Gasteiger partial charge < -0.3 is 15.4 Å². The second-order valence-corrected chi connectivity index (χ2v) is 5.36. The van der Waals surface area contributed by atoms with E-state index in [-0.39, 0.29) is 5.91 Å². The molecule has 0 aromatic carbocycles. The van der Waals surface area contributed by atoms with E-state index >= 15 is 0 Å². The van der Waals surface area contributed by atoms with E-state index < -0.39 is 0 Å². The van der Waals surface area contributed by atoms with Crippen molar-refractivity contribution in [1.82, 2.24) is 15.3 Å². The Kier molecular flexibility index (Phi) is 7.43. The molecule has 0 saturated heterocycles. The number of carbonyl (C=O) groups is 1. The minimum absolute atomic E-state index is 0.354. The Balaban J connectivity index is 2.17. The van der Waals surface area contributed by atoms with E-state index in [1.807, 2.05) is 13.0 Å². The van der Waals surface area contributed by atoms with E-state index in [1.165, 1.54) is 18.6 Å². The van der Waals surface area contributed by atoms with Crippen LogP contribution in [0.1, 0.15) is 29.8 Å². The SMILES string of the molecule is C=N/C=C(NC(=O)c1ccnc(Nc2ccc(C#N)cn2)c1)\C(=C/C)OCC. The molecule has 2 heterocycles. The molecular formula is C20H20N6O2. The van der Waals surface area contributed by atoms with Gasteiger partial charge in [0, 0.05) is 18.0 Å². The molecule has 28 heavy (non-hydrogen) atoms. The topological polar surface area (TPSA) is 112 Å². The largest absolute Gasteiger partial charge is 0.492 e. The van der Waals surface area contributed by atoms with Crippen LogP contribution < -0.4 is 10.6 Å². The number of carbonyl (C=O) groups excluding carboxylic acids is 1. The number of nitrogens with zero attached hydrogens (tertiary/aromatic N) is 4. The summed E-state index contributed by atoms with van der Waals surface area (Å²) in [6, 6.07) is 8.47. The summed E-state index contributed by atoms with van der Waals surface area (Å²) in [5.74, 6) is 1.09. The summed E-state index contributed by atoms with van der Waals surface area (Å²) in [7, 11) is 0. The molecule has 0 bridgehead atoms. The van der Waals surface area contributed by atoms with Crippen LogP contribution in [0.2, 0.25) is 0 Å². The van der Waals surface area contributed by atoms with Crippen molar-refractivity contribution in [2.24, 2.45) is 4.99 Å². The Morgan fingerprint density at radius 3 is 2.79 bits per heavy atom. The summed E-state index contributed by atoms with van der Waals surface area (Å²) in [6.07, 6.45) is 6.11. The van der Waals surface area contributed by atoms with Crippen molar-refractivity contribution in [1.29, 1.82) is 5.26 Å². The molecule has 2 aromatic rings. The van der Waals surface area contributed by atoms with Crippen LogP contribution in [0.5, 0.6) is 0 Å². The minimum Gasteiger partial charge on any atom is -0.492 e. The number of pyridine rings is 2. The third-order valence-corrected chi connectivity index (χ3v) is 3.47. The summed E-state index contributed by atoms with van der Waals surface area (Å²) in [6.45, 7) is 7.52. The standard InChI is InChI=1S/C20H20N6O2/c1-4-17(28-5-2)16(13-22-3)25-20(27)15-8-9-23-19(10-15)26-18-7-6-14(11-21)12-24-18/h4,6-10,12-13H,3,5H2,1-2H3,(H,25,27)(H,23,24,26)/b16-13+,17-4+. The lowest BCUT2D eigenvalue weighted by Gasteiger charge is -2.13. The highest BCUT2D eigenvalue weighted by Crippen LogP contribution is 2.15. The molecule has 0 unspecified atom stereocenters. The normalized spacial score (nSPS) is 11.3. The van der Waals surface area contributed by atoms with Crippen LogP contribution in [0, 0.1) is 11.3 Å². The van der Waals surface area contributed by atoms with E-state index in [9.17, 15) is 4.79 Å². The number of hydrogen-bond donors (Lipinski definition) is 2. The Hall–Kier alpha value is -3.99. The molecule has 0 radical (unpaired) electrons. The van der Waals surface area contributed by atoms with Gasteiger partial charge in [0.25, 0.3) is 5.91 Å². The second-order valence-electron chi connectivity index (χ2n) is 5.36. The third kappa shape index (κ3) is 5.51. The summed E-state index contributed by atoms with van der Waals surface area (Å²) in [5, 5.41) is 14.6. The molecule has 0 spiro atoms. The smallest absolute Gasteiger partial charge is 0.255 e. The zero-order valence-electron chi connectivity index (χ0n) is 15.6. The number of allylic oxidation sites excluding steroid dienone is 1. The summed E-state index contributed by atoms with van der Waals surface area (Å²) in [5.41, 5.74) is 1.24. The van der Waals surface area contributed by atoms with E-state index in [0.29, 0.717) is 40.8 Å². The van der Waals surface area contributed by atoms with E-state index in [1.54, 1.807) is 37.3 Å². The highest BCUT2D eigenvalue weighted by Gasteiger charge is 2.13. The van der Waals surface area contributed by atoms with Gasteiger partial charge in [0.2, 0.25) is 0 Å². The van der Waals surface area contributed by atoms with Crippen molar-refractivity contribution in [3.05, 3.63) is 71.5 Å². The Labute approximate surface area is 163 Å². The summed E-state index contributed by atoms with van der Waals surface area (Å²) >= 11 is 0. The van der Waals surface area contributed by atoms with E-state index in [2.05, 4.69) is 32.3 Å². The second kappa shape index (κ2) is 10.2. The number of nitriles is 1. The molecule has 1 amide bonds. The highest BCUT2D eigenvalue weighted by atomic mass is 16.5. The molecular weight excluding hydrogens is 356 g/mol. The number of aliphatic imine (C=N–C) groups is 1. The van der Waals surface area contributed by atoms with Gasteiger partial charge in [-0.15, -0.1) is 0 Å². The van der Waals surface area contributed by atoms with Gasteiger partial charge in [0.05, 0.1) is 18.4 Å². The molecule has 142 valence electrons. The van der Waals surface area contributed by atoms with Crippen molar-refractivity contribution < 1.29 is 9.53 Å². The van der Waals surface area contributed by atoms with Gasteiger partial charge in [-0.05, 0) is 50.9 Å². The molecule has 8 heteroatoms. The monoisotopic (exact) mass is 376 g/mol. The lowest BCUT2D eigenvalue weighted by Crippen LogP contribution is -2.24. The lowest BCUT2D eigenvalue weighted by atomic mass is 10.2. The number of ether oxygens (including phenoxy) is 1. The van der Waals surface area contributed by atoms with Crippen molar-refractivity contribution >= 4 is 24.3 Å². The average molecular weight is 376 g/mol. The number of anilines is 2. The quantitative estimate of drug-likeness (QED) is 0.415. The molecule has 0 aliphatic rings. The maximum absolute atomic E-state index is 12.6. The fourth-order valence-corrected chi connectivity index (χ4v) is 2.22. The Bertz CT molecular complexity index is 942. The molecule has 0 fully saturated rings. The lowest BCUT2D eigenvalue weighted by molar-refractivity contribution is 0.0961. The van der Waals surface area contributed by atoms with Crippen LogP contribution in [0.4, 0.5) is 11.6 Å². The van der Waals surface area contributed by atoms with Crippen molar-refractivity contribution in [3.8, 4) is 6.07 Å². The molecule has 2 N–H and O–H groups in total. The van der Waals surface area contributed by atoms with Crippen molar-refractivity contribution in [3.63, 3.8) is 0 Å². The first-order valence-corrected chi connectivity index (χ1v) is 8.47. The van der Waals surface area contributed by atoms with E-state index in [0.717, 1.165) is 0 Å². The fraction of sp³-hybridized carbons (Fsp3) is 0.150. The Morgan fingerprint density at radius 2 is 2.18 bits per heavy atom. The van der Waals surface area contributed by atoms with Crippen LogP contribution in [0.25, 0.3) is 0 Å². The highest BCUT2D eigenvalue weighted by molar-refractivity contribution is 5.96. The zero-order chi connectivity index (χ0) is 20.4. The number of amides is 1. The van der Waals surface area contributed by atoms with Crippen LogP contribution in [0.15, 0.2) is 65.4 Å². The van der Waals surface area contributed by atoms with Crippen LogP contribution in [-0.4, -0.2) is 29.2 Å². The summed E-state index contributed by atoms with van der Waals surface area (Å²) < 4.78 is 5.50. The maximum atomic E-state index is 12.6. The van der Waals surface area contributed by atoms with Crippen molar-refractivity contribution in [2.45, 2.75) is 13.8 Å². The van der Waals surface area contributed by atoms with Gasteiger partial charge in [-0.2, -0.15) is 5.26 Å². The van der Waals surface area contributed by atoms with Crippen LogP contribution in [-0.2, 0) is 4.74 Å². The van der Waals surface area contributed by atoms with Gasteiger partial charge in [0.1, 0.15) is 29.2 Å². The van der Waals surface area contributed by atoms with Gasteiger partial charge in [0.15, 0.2) is 0 Å². The number of hydrogen-bond acceptors (Lipinski definition) is 7. The molecule has 8 nitrogen and oxygen atoms in total. The first-order valence-electron chi connectivity index (χ1n) is 8.47. The van der Waals surface area contributed by atoms with Gasteiger partial charge in [-0.25, -0.2) is 9.97 Å². The van der Waals surface area contributed by atoms with Gasteiger partial charge in [-0.1, -0.05) is 0 Å². The zero-order valence-corrected chi connectivity index (χ0v) is 15.6. The maximum Gasteiger partial charge on any atom is 0.255 e. The van der Waals surface area contributed by atoms with Gasteiger partial charge >= 0.3 is 0 Å². The number of nitrogens with one attached hydrogen (secondary N) is 2. The number of rotatable bonds is 8. The predicted octanol–water partition coefficient (Wildman–Crippen LogP) is 3.30. The molecule has 2 rings (SSSR count). The summed E-state index contributed by atoms with van der Waals surface area (Å²) in [4.78, 5) is 24.7. The molecule has 0 atom stereocenters. The molecule has 0 aliphatic carbocycles. The first-order chi connectivity index (χ1) is 13.6. The van der Waals surface area contributed by atoms with Gasteiger partial charge in [-0.3, -0.25) is 9.79 Å². The predicted molar refractivity (Wildman–Crippen MR) is 107 cm³/mol. The Morgan fingerprint density at radius 1 is 1.36 bits per heavy atom. The minimum atomic E-state index is -0.354. The molecule has 2 aromatic heterocycles. The van der Waals surface area contributed by atoms with E-state index in [4.69, 9.17) is 10.00 Å². The fourth-order valence-electron chi connectivity index (χ4n) is 2.22. The third-order valence-electron chi connectivity index (χ3n) is 3.47. The number of aromatic nitrogens is 2. The first kappa shape index (κ1) is 20.3. The molecule has 0 saturated carbocycles. The molecule has 0 aliphatic heterocycles. The average Bonchev–Trinajstić information content (AvgIpc) is 2.72. The van der Waals surface area contributed by atoms with Crippen LogP contribution >= 0.6 is 0 Å². The van der Waals surface area contributed by atoms with Crippen LogP contribution in [0.3, 0.4) is 0 Å². The van der Waals surface area contributed by atoms with Crippen molar-refractivity contribution in [2.75, 3.05) is 11.9 Å².